The fourth-order valence-electron chi connectivity index (χ4n) is 2.66. The molecule has 0 heterocycles. The summed E-state index contributed by atoms with van der Waals surface area (Å²) in [7, 11) is 0. The van der Waals surface area contributed by atoms with E-state index in [1.807, 2.05) is 30.0 Å². The maximum Gasteiger partial charge on any atom is 0.257 e. The third kappa shape index (κ3) is 6.75. The molecule has 0 aliphatic rings. The van der Waals surface area contributed by atoms with Crippen molar-refractivity contribution in [1.82, 2.24) is 5.32 Å². The van der Waals surface area contributed by atoms with Gasteiger partial charge in [-0.2, -0.15) is 11.8 Å². The fourth-order valence-corrected chi connectivity index (χ4v) is 3.47. The van der Waals surface area contributed by atoms with Crippen molar-refractivity contribution >= 4 is 17.7 Å². The van der Waals surface area contributed by atoms with Crippen LogP contribution in [0.15, 0.2) is 48.5 Å². The van der Waals surface area contributed by atoms with Crippen LogP contribution in [0.1, 0.15) is 37.5 Å². The number of hydrogen-bond acceptors (Lipinski definition) is 3. The molecule has 0 atom stereocenters. The predicted molar refractivity (Wildman–Crippen MR) is 111 cm³/mol. The lowest BCUT2D eigenvalue weighted by Crippen LogP contribution is -2.31. The van der Waals surface area contributed by atoms with E-state index in [1.165, 1.54) is 11.1 Å². The first-order chi connectivity index (χ1) is 12.4. The van der Waals surface area contributed by atoms with Crippen LogP contribution in [-0.4, -0.2) is 24.8 Å². The molecule has 3 nitrogen and oxygen atoms in total. The lowest BCUT2D eigenvalue weighted by Gasteiger charge is -2.22. The minimum atomic E-state index is -0.0788. The molecular weight excluding hydrogens is 342 g/mol. The molecule has 0 radical (unpaired) electrons. The average molecular weight is 372 g/mol. The van der Waals surface area contributed by atoms with Crippen LogP contribution in [0, 0.1) is 6.92 Å². The first-order valence-corrected chi connectivity index (χ1v) is 10.1. The van der Waals surface area contributed by atoms with Gasteiger partial charge < -0.3 is 10.1 Å². The lowest BCUT2D eigenvalue weighted by atomic mass is 9.86. The van der Waals surface area contributed by atoms with Gasteiger partial charge in [-0.1, -0.05) is 68.8 Å². The van der Waals surface area contributed by atoms with Gasteiger partial charge in [-0.15, -0.1) is 0 Å². The number of nitrogens with one attached hydrogen (secondary N) is 1. The summed E-state index contributed by atoms with van der Waals surface area (Å²) < 4.78 is 5.75. The van der Waals surface area contributed by atoms with Gasteiger partial charge in [0.05, 0.1) is 0 Å². The van der Waals surface area contributed by atoms with Gasteiger partial charge in [0, 0.05) is 18.1 Å². The maximum absolute atomic E-state index is 12.0. The number of ether oxygens (including phenoxy) is 1. The molecule has 2 aromatic carbocycles. The maximum atomic E-state index is 12.0. The Hall–Kier alpha value is -1.94. The Morgan fingerprint density at radius 1 is 1.12 bits per heavy atom. The van der Waals surface area contributed by atoms with Crippen molar-refractivity contribution < 1.29 is 9.53 Å². The second kappa shape index (κ2) is 9.67. The number of rotatable bonds is 8. The summed E-state index contributed by atoms with van der Waals surface area (Å²) in [6.07, 6.45) is 0. The zero-order chi connectivity index (χ0) is 19.0. The highest BCUT2D eigenvalue weighted by molar-refractivity contribution is 7.98. The number of carbonyl (C=O) groups is 1. The van der Waals surface area contributed by atoms with E-state index in [2.05, 4.69) is 63.3 Å². The highest BCUT2D eigenvalue weighted by Gasteiger charge is 2.18. The number of amides is 1. The van der Waals surface area contributed by atoms with Gasteiger partial charge in [0.1, 0.15) is 5.75 Å². The Bertz CT molecular complexity index is 722. The molecule has 140 valence electrons. The van der Waals surface area contributed by atoms with Gasteiger partial charge in [-0.3, -0.25) is 4.79 Å². The van der Waals surface area contributed by atoms with Crippen LogP contribution in [-0.2, 0) is 16.0 Å². The molecule has 4 heteroatoms. The molecule has 0 saturated carbocycles. The van der Waals surface area contributed by atoms with E-state index in [-0.39, 0.29) is 17.9 Å². The topological polar surface area (TPSA) is 38.3 Å². The van der Waals surface area contributed by atoms with Crippen molar-refractivity contribution in [2.75, 3.05) is 18.9 Å². The molecule has 0 aromatic heterocycles. The van der Waals surface area contributed by atoms with E-state index in [4.69, 9.17) is 4.74 Å². The Morgan fingerprint density at radius 2 is 1.88 bits per heavy atom. The Labute approximate surface area is 161 Å². The van der Waals surface area contributed by atoms with Crippen molar-refractivity contribution in [3.05, 3.63) is 65.2 Å². The van der Waals surface area contributed by atoms with Crippen molar-refractivity contribution in [3.63, 3.8) is 0 Å². The molecular formula is C22H29NO2S. The van der Waals surface area contributed by atoms with E-state index >= 15 is 0 Å². The van der Waals surface area contributed by atoms with E-state index < -0.39 is 0 Å². The summed E-state index contributed by atoms with van der Waals surface area (Å²) >= 11 is 1.82. The summed E-state index contributed by atoms with van der Waals surface area (Å²) in [5.41, 5.74) is 3.70. The van der Waals surface area contributed by atoms with Gasteiger partial charge in [0.25, 0.3) is 5.91 Å². The van der Waals surface area contributed by atoms with Crippen molar-refractivity contribution in [1.29, 1.82) is 0 Å². The second-order valence-corrected chi connectivity index (χ2v) is 8.53. The SMILES string of the molecule is Cc1cccc(CSCCNC(=O)COc2ccccc2C(C)(C)C)c1. The number of para-hydroxylation sites is 1. The van der Waals surface area contributed by atoms with Crippen LogP contribution in [0.3, 0.4) is 0 Å². The van der Waals surface area contributed by atoms with Crippen LogP contribution in [0.25, 0.3) is 0 Å². The summed E-state index contributed by atoms with van der Waals surface area (Å²) in [6, 6.07) is 16.4. The quantitative estimate of drug-likeness (QED) is 0.682. The zero-order valence-corrected chi connectivity index (χ0v) is 17.0. The number of hydrogen-bond donors (Lipinski definition) is 1. The molecule has 0 bridgehead atoms. The number of benzene rings is 2. The second-order valence-electron chi connectivity index (χ2n) is 7.43. The van der Waals surface area contributed by atoms with Crippen molar-refractivity contribution in [3.8, 4) is 5.75 Å². The molecule has 2 rings (SSSR count). The minimum absolute atomic E-state index is 0.0144. The van der Waals surface area contributed by atoms with Crippen LogP contribution in [0.5, 0.6) is 5.75 Å². The number of thioether (sulfide) groups is 1. The van der Waals surface area contributed by atoms with Crippen molar-refractivity contribution in [2.45, 2.75) is 38.9 Å². The molecule has 0 aliphatic heterocycles. The summed E-state index contributed by atoms with van der Waals surface area (Å²) in [6.45, 7) is 9.23. The molecule has 1 amide bonds. The number of carbonyl (C=O) groups excluding carboxylic acids is 1. The molecule has 2 aromatic rings. The van der Waals surface area contributed by atoms with Gasteiger partial charge in [0.2, 0.25) is 0 Å². The molecule has 0 saturated heterocycles. The van der Waals surface area contributed by atoms with Gasteiger partial charge in [-0.25, -0.2) is 0 Å². The molecule has 26 heavy (non-hydrogen) atoms. The average Bonchev–Trinajstić information content (AvgIpc) is 2.59. The molecule has 0 spiro atoms. The van der Waals surface area contributed by atoms with Gasteiger partial charge in [-0.05, 0) is 29.5 Å². The highest BCUT2D eigenvalue weighted by atomic mass is 32.2. The van der Waals surface area contributed by atoms with E-state index in [0.29, 0.717) is 6.54 Å². The first kappa shape index (κ1) is 20.4. The molecule has 0 aliphatic carbocycles. The van der Waals surface area contributed by atoms with E-state index in [0.717, 1.165) is 22.8 Å². The highest BCUT2D eigenvalue weighted by Crippen LogP contribution is 2.30. The lowest BCUT2D eigenvalue weighted by molar-refractivity contribution is -0.122. The molecule has 1 N–H and O–H groups in total. The Kier molecular flexibility index (Phi) is 7.58. The summed E-state index contributed by atoms with van der Waals surface area (Å²) in [5.74, 6) is 2.56. The number of aryl methyl sites for hydroxylation is 1. The van der Waals surface area contributed by atoms with Gasteiger partial charge in [0.15, 0.2) is 6.61 Å². The molecule has 0 fully saturated rings. The van der Waals surface area contributed by atoms with Crippen LogP contribution in [0.4, 0.5) is 0 Å². The van der Waals surface area contributed by atoms with E-state index in [9.17, 15) is 4.79 Å². The Balaban J connectivity index is 1.68. The standard InChI is InChI=1S/C22H29NO2S/c1-17-8-7-9-18(14-17)16-26-13-12-23-21(24)15-25-20-11-6-5-10-19(20)22(2,3)4/h5-11,14H,12-13,15-16H2,1-4H3,(H,23,24). The Morgan fingerprint density at radius 3 is 2.62 bits per heavy atom. The third-order valence-electron chi connectivity index (χ3n) is 3.97. The molecule has 0 unspecified atom stereocenters. The third-order valence-corrected chi connectivity index (χ3v) is 5.00. The van der Waals surface area contributed by atoms with Crippen molar-refractivity contribution in [2.24, 2.45) is 0 Å². The van der Waals surface area contributed by atoms with Crippen LogP contribution < -0.4 is 10.1 Å². The normalized spacial score (nSPS) is 11.2. The first-order valence-electron chi connectivity index (χ1n) is 8.98. The monoisotopic (exact) mass is 371 g/mol. The predicted octanol–water partition coefficient (Wildman–Crippen LogP) is 4.72. The van der Waals surface area contributed by atoms with E-state index in [1.54, 1.807) is 0 Å². The van der Waals surface area contributed by atoms with Crippen LogP contribution >= 0.6 is 11.8 Å². The summed E-state index contributed by atoms with van der Waals surface area (Å²) in [4.78, 5) is 12.0. The fraction of sp³-hybridized carbons (Fsp3) is 0.409. The smallest absolute Gasteiger partial charge is 0.257 e. The largest absolute Gasteiger partial charge is 0.483 e. The van der Waals surface area contributed by atoms with Crippen LogP contribution in [0.2, 0.25) is 0 Å². The summed E-state index contributed by atoms with van der Waals surface area (Å²) in [5, 5.41) is 2.92. The van der Waals surface area contributed by atoms with Gasteiger partial charge >= 0.3 is 0 Å². The minimum Gasteiger partial charge on any atom is -0.483 e. The zero-order valence-electron chi connectivity index (χ0n) is 16.2.